The van der Waals surface area contributed by atoms with Gasteiger partial charge in [-0.3, -0.25) is 14.7 Å². The van der Waals surface area contributed by atoms with Crippen molar-refractivity contribution in [2.45, 2.75) is 19.9 Å². The van der Waals surface area contributed by atoms with Gasteiger partial charge in [0.2, 0.25) is 11.8 Å². The number of nitrogens with two attached hydrogens (primary N) is 1. The number of amides is 1. The van der Waals surface area contributed by atoms with E-state index in [0.29, 0.717) is 0 Å². The number of rotatable bonds is 4. The highest BCUT2D eigenvalue weighted by atomic mass is 16.4. The molecular formula is C8H13N5O3. The first-order valence-electron chi connectivity index (χ1n) is 4.62. The van der Waals surface area contributed by atoms with Crippen molar-refractivity contribution in [2.24, 2.45) is 0 Å². The van der Waals surface area contributed by atoms with Gasteiger partial charge in [0.25, 0.3) is 5.91 Å². The summed E-state index contributed by atoms with van der Waals surface area (Å²) in [6.07, 6.45) is 0. The number of anilines is 1. The van der Waals surface area contributed by atoms with Crippen molar-refractivity contribution >= 4 is 17.8 Å². The third-order valence-electron chi connectivity index (χ3n) is 1.90. The van der Waals surface area contributed by atoms with Crippen LogP contribution in [0.25, 0.3) is 0 Å². The number of nitrogens with zero attached hydrogens (tertiary/aromatic N) is 3. The zero-order valence-corrected chi connectivity index (χ0v) is 8.97. The van der Waals surface area contributed by atoms with Crippen LogP contribution >= 0.6 is 0 Å². The molecule has 88 valence electrons. The minimum Gasteiger partial charge on any atom is -0.480 e. The van der Waals surface area contributed by atoms with Crippen LogP contribution in [0.1, 0.15) is 24.5 Å². The van der Waals surface area contributed by atoms with E-state index in [9.17, 15) is 9.59 Å². The van der Waals surface area contributed by atoms with Crippen LogP contribution in [0.3, 0.4) is 0 Å². The quantitative estimate of drug-likeness (QED) is 0.625. The Morgan fingerprint density at radius 3 is 2.56 bits per heavy atom. The zero-order chi connectivity index (χ0) is 12.3. The molecule has 0 saturated heterocycles. The van der Waals surface area contributed by atoms with Gasteiger partial charge >= 0.3 is 5.97 Å². The summed E-state index contributed by atoms with van der Waals surface area (Å²) in [6, 6.07) is -0.255. The van der Waals surface area contributed by atoms with Crippen molar-refractivity contribution in [3.8, 4) is 0 Å². The van der Waals surface area contributed by atoms with Gasteiger partial charge in [-0.25, -0.2) is 0 Å². The summed E-state index contributed by atoms with van der Waals surface area (Å²) in [7, 11) is 0. The van der Waals surface area contributed by atoms with Crippen LogP contribution in [0.15, 0.2) is 0 Å². The molecule has 8 nitrogen and oxygen atoms in total. The van der Waals surface area contributed by atoms with E-state index in [1.165, 1.54) is 0 Å². The van der Waals surface area contributed by atoms with E-state index in [0.717, 1.165) is 4.90 Å². The van der Waals surface area contributed by atoms with E-state index in [2.05, 4.69) is 15.2 Å². The maximum absolute atomic E-state index is 11.8. The Kier molecular flexibility index (Phi) is 3.44. The van der Waals surface area contributed by atoms with Gasteiger partial charge in [0.1, 0.15) is 6.54 Å². The maximum atomic E-state index is 11.8. The second-order valence-electron chi connectivity index (χ2n) is 3.46. The van der Waals surface area contributed by atoms with Crippen LogP contribution in [-0.4, -0.2) is 49.7 Å². The maximum Gasteiger partial charge on any atom is 0.323 e. The topological polar surface area (TPSA) is 125 Å². The lowest BCUT2D eigenvalue weighted by molar-refractivity contribution is -0.138. The standard InChI is InChI=1S/C8H13N5O3/c1-4(2)13(3-5(14)15)7(16)6-10-8(9)12-11-6/h4H,3H2,1-2H3,(H,14,15)(H3,9,10,11,12). The van der Waals surface area contributed by atoms with Gasteiger partial charge in [-0.2, -0.15) is 4.98 Å². The molecule has 0 aliphatic heterocycles. The zero-order valence-electron chi connectivity index (χ0n) is 8.97. The number of aromatic amines is 1. The van der Waals surface area contributed by atoms with Gasteiger partial charge < -0.3 is 15.7 Å². The number of nitrogens with one attached hydrogen (secondary N) is 1. The number of nitrogen functional groups attached to an aromatic ring is 1. The van der Waals surface area contributed by atoms with E-state index in [-0.39, 0.29) is 17.8 Å². The van der Waals surface area contributed by atoms with Crippen LogP contribution in [0, 0.1) is 0 Å². The van der Waals surface area contributed by atoms with Crippen molar-refractivity contribution in [3.63, 3.8) is 0 Å². The number of aromatic nitrogens is 3. The fraction of sp³-hybridized carbons (Fsp3) is 0.500. The Hall–Kier alpha value is -2.12. The SMILES string of the molecule is CC(C)N(CC(=O)O)C(=O)c1nc(N)n[nH]1. The first-order chi connectivity index (χ1) is 7.41. The van der Waals surface area contributed by atoms with Crippen LogP contribution < -0.4 is 5.73 Å². The molecule has 16 heavy (non-hydrogen) atoms. The monoisotopic (exact) mass is 227 g/mol. The fourth-order valence-corrected chi connectivity index (χ4v) is 1.14. The number of carboxylic acids is 1. The second-order valence-corrected chi connectivity index (χ2v) is 3.46. The molecule has 0 radical (unpaired) electrons. The fourth-order valence-electron chi connectivity index (χ4n) is 1.14. The summed E-state index contributed by atoms with van der Waals surface area (Å²) in [4.78, 5) is 27.2. The summed E-state index contributed by atoms with van der Waals surface area (Å²) in [5.41, 5.74) is 5.25. The van der Waals surface area contributed by atoms with E-state index in [1.807, 2.05) is 0 Å². The second kappa shape index (κ2) is 4.60. The predicted molar refractivity (Wildman–Crippen MR) is 54.6 cm³/mol. The molecule has 0 unspecified atom stereocenters. The number of carbonyl (C=O) groups excluding carboxylic acids is 1. The lowest BCUT2D eigenvalue weighted by Gasteiger charge is -2.23. The van der Waals surface area contributed by atoms with E-state index < -0.39 is 18.4 Å². The number of hydrogen-bond donors (Lipinski definition) is 3. The summed E-state index contributed by atoms with van der Waals surface area (Å²) < 4.78 is 0. The van der Waals surface area contributed by atoms with Gasteiger partial charge in [-0.15, -0.1) is 5.10 Å². The lowest BCUT2D eigenvalue weighted by Crippen LogP contribution is -2.41. The molecule has 0 spiro atoms. The Morgan fingerprint density at radius 2 is 2.19 bits per heavy atom. The molecule has 1 rings (SSSR count). The summed E-state index contributed by atoms with van der Waals surface area (Å²) in [5.74, 6) is -1.74. The number of hydrogen-bond acceptors (Lipinski definition) is 5. The van der Waals surface area contributed by atoms with Crippen molar-refractivity contribution in [2.75, 3.05) is 12.3 Å². The minimum atomic E-state index is -1.09. The molecule has 4 N–H and O–H groups in total. The normalized spacial score (nSPS) is 10.4. The molecule has 1 aromatic rings. The van der Waals surface area contributed by atoms with E-state index in [1.54, 1.807) is 13.8 Å². The highest BCUT2D eigenvalue weighted by Crippen LogP contribution is 2.05. The van der Waals surface area contributed by atoms with E-state index >= 15 is 0 Å². The molecule has 0 bridgehead atoms. The predicted octanol–water partition coefficient (Wildman–Crippen LogP) is -0.678. The van der Waals surface area contributed by atoms with Crippen molar-refractivity contribution < 1.29 is 14.7 Å². The van der Waals surface area contributed by atoms with Gasteiger partial charge in [0, 0.05) is 6.04 Å². The number of carbonyl (C=O) groups is 2. The first-order valence-corrected chi connectivity index (χ1v) is 4.62. The molecule has 0 atom stereocenters. The average molecular weight is 227 g/mol. The van der Waals surface area contributed by atoms with Gasteiger partial charge in [0.05, 0.1) is 0 Å². The number of H-pyrrole nitrogens is 1. The Bertz CT molecular complexity index is 400. The molecule has 8 heteroatoms. The van der Waals surface area contributed by atoms with Gasteiger partial charge in [-0.05, 0) is 13.8 Å². The third-order valence-corrected chi connectivity index (χ3v) is 1.90. The molecule has 0 fully saturated rings. The molecule has 0 aliphatic rings. The molecule has 0 saturated carbocycles. The lowest BCUT2D eigenvalue weighted by atomic mass is 10.3. The molecule has 1 aromatic heterocycles. The van der Waals surface area contributed by atoms with Crippen LogP contribution in [0.2, 0.25) is 0 Å². The molecular weight excluding hydrogens is 214 g/mol. The molecule has 1 heterocycles. The summed E-state index contributed by atoms with van der Waals surface area (Å²) >= 11 is 0. The van der Waals surface area contributed by atoms with Crippen molar-refractivity contribution in [1.29, 1.82) is 0 Å². The number of aliphatic carboxylic acids is 1. The van der Waals surface area contributed by atoms with Crippen LogP contribution in [-0.2, 0) is 4.79 Å². The van der Waals surface area contributed by atoms with Gasteiger partial charge in [-0.1, -0.05) is 0 Å². The minimum absolute atomic E-state index is 0.0534. The summed E-state index contributed by atoms with van der Waals surface area (Å²) in [5, 5.41) is 14.5. The Labute approximate surface area is 91.5 Å². The Balaban J connectivity index is 2.87. The number of carboxylic acid groups (broad SMARTS) is 1. The first kappa shape index (κ1) is 12.0. The Morgan fingerprint density at radius 1 is 1.56 bits per heavy atom. The van der Waals surface area contributed by atoms with Gasteiger partial charge in [0.15, 0.2) is 0 Å². The van der Waals surface area contributed by atoms with Crippen molar-refractivity contribution in [3.05, 3.63) is 5.82 Å². The smallest absolute Gasteiger partial charge is 0.323 e. The highest BCUT2D eigenvalue weighted by molar-refractivity contribution is 5.92. The van der Waals surface area contributed by atoms with E-state index in [4.69, 9.17) is 10.8 Å². The van der Waals surface area contributed by atoms with Crippen LogP contribution in [0.4, 0.5) is 5.95 Å². The van der Waals surface area contributed by atoms with Crippen molar-refractivity contribution in [1.82, 2.24) is 20.1 Å². The summed E-state index contributed by atoms with van der Waals surface area (Å²) in [6.45, 7) is 3.03. The highest BCUT2D eigenvalue weighted by Gasteiger charge is 2.23. The average Bonchev–Trinajstić information content (AvgIpc) is 2.59. The molecule has 0 aliphatic carbocycles. The largest absolute Gasteiger partial charge is 0.480 e. The molecule has 1 amide bonds. The van der Waals surface area contributed by atoms with Crippen LogP contribution in [0.5, 0.6) is 0 Å². The molecule has 0 aromatic carbocycles. The third kappa shape index (κ3) is 2.69.